The topological polar surface area (TPSA) is 66.5 Å². The van der Waals surface area contributed by atoms with Crippen LogP contribution in [0.2, 0.25) is 0 Å². The van der Waals surface area contributed by atoms with Crippen LogP contribution in [0.5, 0.6) is 0 Å². The summed E-state index contributed by atoms with van der Waals surface area (Å²) in [5.41, 5.74) is 2.55. The van der Waals surface area contributed by atoms with Crippen LogP contribution in [-0.2, 0) is 14.8 Å². The minimum Gasteiger partial charge on any atom is -0.340 e. The van der Waals surface area contributed by atoms with Crippen LogP contribution in [0.3, 0.4) is 0 Å². The second-order valence-corrected chi connectivity index (χ2v) is 8.49. The maximum Gasteiger partial charge on any atom is 0.241 e. The van der Waals surface area contributed by atoms with Gasteiger partial charge in [-0.15, -0.1) is 0 Å². The van der Waals surface area contributed by atoms with Crippen LogP contribution in [-0.4, -0.2) is 38.4 Å². The lowest BCUT2D eigenvalue weighted by molar-refractivity contribution is -0.129. The average molecular weight is 338 g/mol. The number of hydrogen-bond acceptors (Lipinski definition) is 3. The van der Waals surface area contributed by atoms with Crippen LogP contribution in [0, 0.1) is 26.7 Å². The molecule has 0 aromatic heterocycles. The number of hydrogen-bond donors (Lipinski definition) is 1. The molecule has 128 valence electrons. The summed E-state index contributed by atoms with van der Waals surface area (Å²) in [5.74, 6) is 0.137. The third-order valence-electron chi connectivity index (χ3n) is 4.30. The van der Waals surface area contributed by atoms with Crippen LogP contribution in [0.15, 0.2) is 17.0 Å². The molecule has 1 atom stereocenters. The monoisotopic (exact) mass is 338 g/mol. The molecule has 6 heteroatoms. The zero-order valence-electron chi connectivity index (χ0n) is 14.5. The van der Waals surface area contributed by atoms with Gasteiger partial charge in [-0.25, -0.2) is 13.1 Å². The molecule has 0 radical (unpaired) electrons. The van der Waals surface area contributed by atoms with E-state index in [0.29, 0.717) is 24.4 Å². The van der Waals surface area contributed by atoms with Gasteiger partial charge in [-0.2, -0.15) is 0 Å². The molecule has 1 N–H and O–H groups in total. The highest BCUT2D eigenvalue weighted by Gasteiger charge is 2.32. The van der Waals surface area contributed by atoms with E-state index in [1.165, 1.54) is 0 Å². The van der Waals surface area contributed by atoms with Crippen LogP contribution in [0.4, 0.5) is 0 Å². The molecule has 0 aliphatic carbocycles. The lowest BCUT2D eigenvalue weighted by Crippen LogP contribution is -2.34. The number of aryl methyl sites for hydroxylation is 3. The molecule has 1 aromatic rings. The van der Waals surface area contributed by atoms with E-state index in [1.807, 2.05) is 46.8 Å². The number of amides is 1. The Morgan fingerprint density at radius 3 is 2.26 bits per heavy atom. The van der Waals surface area contributed by atoms with Crippen LogP contribution < -0.4 is 4.72 Å². The van der Waals surface area contributed by atoms with Crippen molar-refractivity contribution in [3.05, 3.63) is 28.8 Å². The van der Waals surface area contributed by atoms with E-state index in [9.17, 15) is 13.2 Å². The van der Waals surface area contributed by atoms with Crippen LogP contribution in [0.1, 0.15) is 37.0 Å². The molecule has 1 aromatic carbocycles. The Labute approximate surface area is 139 Å². The maximum absolute atomic E-state index is 12.6. The third kappa shape index (κ3) is 3.93. The summed E-state index contributed by atoms with van der Waals surface area (Å²) < 4.78 is 27.9. The van der Waals surface area contributed by atoms with Crippen molar-refractivity contribution >= 4 is 15.9 Å². The molecule has 1 fully saturated rings. The fourth-order valence-electron chi connectivity index (χ4n) is 3.33. The maximum atomic E-state index is 12.6. The third-order valence-corrected chi connectivity index (χ3v) is 6.03. The second-order valence-electron chi connectivity index (χ2n) is 6.79. The summed E-state index contributed by atoms with van der Waals surface area (Å²) in [6.45, 7) is 10.4. The smallest absolute Gasteiger partial charge is 0.241 e. The first-order chi connectivity index (χ1) is 10.6. The number of nitrogens with zero attached hydrogens (tertiary/aromatic N) is 1. The van der Waals surface area contributed by atoms with E-state index in [0.717, 1.165) is 16.7 Å². The Morgan fingerprint density at radius 1 is 1.22 bits per heavy atom. The van der Waals surface area contributed by atoms with Gasteiger partial charge in [-0.05, 0) is 51.7 Å². The summed E-state index contributed by atoms with van der Waals surface area (Å²) in [6, 6.07) is 3.91. The molecule has 1 saturated heterocycles. The van der Waals surface area contributed by atoms with Crippen molar-refractivity contribution < 1.29 is 13.2 Å². The van der Waals surface area contributed by atoms with Gasteiger partial charge in [0, 0.05) is 25.6 Å². The average Bonchev–Trinajstić information content (AvgIpc) is 2.76. The first kappa shape index (κ1) is 17.9. The Balaban J connectivity index is 2.11. The van der Waals surface area contributed by atoms with Crippen molar-refractivity contribution in [1.29, 1.82) is 0 Å². The van der Waals surface area contributed by atoms with Gasteiger partial charge in [0.15, 0.2) is 0 Å². The first-order valence-electron chi connectivity index (χ1n) is 7.98. The van der Waals surface area contributed by atoms with Gasteiger partial charge in [0.25, 0.3) is 0 Å². The highest BCUT2D eigenvalue weighted by atomic mass is 32.2. The SMILES string of the molecule is Cc1cc(C)c(S(=O)(=O)NCC2CC(=O)N(C(C)C)C2)c(C)c1. The molecule has 5 nitrogen and oxygen atoms in total. The van der Waals surface area contributed by atoms with Crippen molar-refractivity contribution in [2.45, 2.75) is 52.0 Å². The number of carbonyl (C=O) groups is 1. The predicted molar refractivity (Wildman–Crippen MR) is 90.8 cm³/mol. The van der Waals surface area contributed by atoms with Gasteiger partial charge >= 0.3 is 0 Å². The molecule has 1 heterocycles. The van der Waals surface area contributed by atoms with Gasteiger partial charge < -0.3 is 4.90 Å². The van der Waals surface area contributed by atoms with Gasteiger partial charge in [-0.1, -0.05) is 17.7 Å². The highest BCUT2D eigenvalue weighted by Crippen LogP contribution is 2.23. The zero-order chi connectivity index (χ0) is 17.4. The van der Waals surface area contributed by atoms with Crippen LogP contribution >= 0.6 is 0 Å². The van der Waals surface area contributed by atoms with Gasteiger partial charge in [0.05, 0.1) is 4.90 Å². The van der Waals surface area contributed by atoms with Crippen LogP contribution in [0.25, 0.3) is 0 Å². The van der Waals surface area contributed by atoms with Gasteiger partial charge in [0.1, 0.15) is 0 Å². The van der Waals surface area contributed by atoms with Gasteiger partial charge in [-0.3, -0.25) is 4.79 Å². The molecule has 1 aliphatic heterocycles. The minimum absolute atomic E-state index is 0.0331. The van der Waals surface area contributed by atoms with Gasteiger partial charge in [0.2, 0.25) is 15.9 Å². The number of nitrogens with one attached hydrogen (secondary N) is 1. The Bertz CT molecular complexity index is 688. The predicted octanol–water partition coefficient (Wildman–Crippen LogP) is 2.15. The molecular weight excluding hydrogens is 312 g/mol. The van der Waals surface area contributed by atoms with E-state index in [-0.39, 0.29) is 17.9 Å². The zero-order valence-corrected chi connectivity index (χ0v) is 15.3. The molecule has 1 amide bonds. The van der Waals surface area contributed by atoms with E-state index >= 15 is 0 Å². The lowest BCUT2D eigenvalue weighted by atomic mass is 10.1. The van der Waals surface area contributed by atoms with Crippen molar-refractivity contribution in [1.82, 2.24) is 9.62 Å². The summed E-state index contributed by atoms with van der Waals surface area (Å²) in [7, 11) is -3.56. The molecule has 0 spiro atoms. The number of carbonyl (C=O) groups excluding carboxylic acids is 1. The quantitative estimate of drug-likeness (QED) is 0.894. The van der Waals surface area contributed by atoms with E-state index in [4.69, 9.17) is 0 Å². The van der Waals surface area contributed by atoms with E-state index in [1.54, 1.807) is 4.90 Å². The fourth-order valence-corrected chi connectivity index (χ4v) is 4.90. The lowest BCUT2D eigenvalue weighted by Gasteiger charge is -2.21. The molecular formula is C17H26N2O3S. The Kier molecular flexibility index (Phi) is 5.16. The summed E-state index contributed by atoms with van der Waals surface area (Å²) >= 11 is 0. The van der Waals surface area contributed by atoms with Crippen molar-refractivity contribution in [2.24, 2.45) is 5.92 Å². The summed E-state index contributed by atoms with van der Waals surface area (Å²) in [6.07, 6.45) is 0.409. The second kappa shape index (κ2) is 6.61. The Hall–Kier alpha value is -1.40. The molecule has 0 bridgehead atoms. The normalized spacial score (nSPS) is 19.0. The molecule has 0 saturated carbocycles. The number of rotatable bonds is 5. The molecule has 1 aliphatic rings. The summed E-state index contributed by atoms with van der Waals surface area (Å²) in [5, 5.41) is 0. The Morgan fingerprint density at radius 2 is 1.78 bits per heavy atom. The summed E-state index contributed by atoms with van der Waals surface area (Å²) in [4.78, 5) is 14.1. The molecule has 1 unspecified atom stereocenters. The highest BCUT2D eigenvalue weighted by molar-refractivity contribution is 7.89. The number of benzene rings is 1. The first-order valence-corrected chi connectivity index (χ1v) is 9.47. The van der Waals surface area contributed by atoms with Crippen molar-refractivity contribution in [3.8, 4) is 0 Å². The minimum atomic E-state index is -3.56. The standard InChI is InChI=1S/C17H26N2O3S/c1-11(2)19-10-15(8-16(19)20)9-18-23(21,22)17-13(4)6-12(3)7-14(17)5/h6-7,11,15,18H,8-10H2,1-5H3. The van der Waals surface area contributed by atoms with Crippen molar-refractivity contribution in [2.75, 3.05) is 13.1 Å². The largest absolute Gasteiger partial charge is 0.340 e. The molecule has 23 heavy (non-hydrogen) atoms. The number of sulfonamides is 1. The van der Waals surface area contributed by atoms with E-state index in [2.05, 4.69) is 4.72 Å². The fraction of sp³-hybridized carbons (Fsp3) is 0.588. The number of likely N-dealkylation sites (tertiary alicyclic amines) is 1. The van der Waals surface area contributed by atoms with Crippen molar-refractivity contribution in [3.63, 3.8) is 0 Å². The molecule has 2 rings (SSSR count). The van der Waals surface area contributed by atoms with E-state index < -0.39 is 10.0 Å².